The van der Waals surface area contributed by atoms with Gasteiger partial charge in [0.2, 0.25) is 5.95 Å². The second-order valence-corrected chi connectivity index (χ2v) is 9.77. The summed E-state index contributed by atoms with van der Waals surface area (Å²) in [5, 5.41) is 9.94. The third kappa shape index (κ3) is 4.78. The lowest BCUT2D eigenvalue weighted by atomic mass is 9.98. The zero-order chi connectivity index (χ0) is 23.9. The van der Waals surface area contributed by atoms with E-state index in [0.29, 0.717) is 29.9 Å². The maximum atomic E-state index is 14.0. The Kier molecular flexibility index (Phi) is 5.58. The molecule has 2 N–H and O–H groups in total. The molecular weight excluding hydrogens is 438 g/mol. The first kappa shape index (κ1) is 22.4. The van der Waals surface area contributed by atoms with Crippen LogP contribution in [0.1, 0.15) is 66.7 Å². The second kappa shape index (κ2) is 8.45. The smallest absolute Gasteiger partial charge is 0.255 e. The summed E-state index contributed by atoms with van der Waals surface area (Å²) in [5.41, 5.74) is 2.15. The average Bonchev–Trinajstić information content (AvgIpc) is 3.46. The minimum Gasteiger partial charge on any atom is -0.351 e. The number of halogens is 2. The van der Waals surface area contributed by atoms with Crippen LogP contribution in [-0.4, -0.2) is 49.9 Å². The van der Waals surface area contributed by atoms with Crippen LogP contribution in [0, 0.1) is 0 Å². The predicted octanol–water partition coefficient (Wildman–Crippen LogP) is 4.28. The highest BCUT2D eigenvalue weighted by Gasteiger charge is 2.43. The van der Waals surface area contributed by atoms with Gasteiger partial charge in [-0.05, 0) is 69.2 Å². The number of rotatable bonds is 7. The topological polar surface area (TPSA) is 84.2 Å². The van der Waals surface area contributed by atoms with Crippen molar-refractivity contribution in [2.24, 2.45) is 0 Å². The van der Waals surface area contributed by atoms with Gasteiger partial charge in [-0.25, -0.2) is 23.3 Å². The zero-order valence-electron chi connectivity index (χ0n) is 19.4. The molecule has 0 atom stereocenters. The minimum atomic E-state index is -1.50. The van der Waals surface area contributed by atoms with E-state index in [1.165, 1.54) is 20.0 Å². The molecule has 2 aliphatic carbocycles. The Morgan fingerprint density at radius 1 is 1.29 bits per heavy atom. The van der Waals surface area contributed by atoms with Crippen molar-refractivity contribution in [2.75, 3.05) is 18.4 Å². The minimum absolute atomic E-state index is 0.0847. The van der Waals surface area contributed by atoms with Gasteiger partial charge in [-0.15, -0.1) is 0 Å². The lowest BCUT2D eigenvalue weighted by molar-refractivity contribution is 0.0922. The number of hydrogen-bond donors (Lipinski definition) is 2. The van der Waals surface area contributed by atoms with Gasteiger partial charge in [0.1, 0.15) is 11.3 Å². The molecule has 7 nitrogen and oxygen atoms in total. The van der Waals surface area contributed by atoms with E-state index < -0.39 is 11.3 Å². The van der Waals surface area contributed by atoms with E-state index in [1.807, 2.05) is 12.1 Å². The fourth-order valence-electron chi connectivity index (χ4n) is 4.08. The Bertz CT molecular complexity index is 1270. The van der Waals surface area contributed by atoms with Crippen LogP contribution in [0.15, 0.2) is 36.8 Å². The van der Waals surface area contributed by atoms with Gasteiger partial charge in [0, 0.05) is 18.0 Å². The van der Waals surface area contributed by atoms with E-state index in [9.17, 15) is 13.6 Å². The number of allylic oxidation sites excluding steroid dienone is 1. The zero-order valence-corrected chi connectivity index (χ0v) is 19.4. The molecule has 2 aliphatic rings. The number of aryl methyl sites for hydroxylation is 1. The van der Waals surface area contributed by atoms with Crippen molar-refractivity contribution in [3.63, 3.8) is 0 Å². The molecule has 1 amide bonds. The number of carbonyl (C=O) groups is 1. The first-order valence-corrected chi connectivity index (χ1v) is 11.6. The molecule has 0 radical (unpaired) electrons. The van der Waals surface area contributed by atoms with Crippen LogP contribution < -0.4 is 10.6 Å². The standard InChI is InChI=1S/C25H28F2N6O/c1-24(2,26)14-29-22(34)19-13-31-33-10-7-16(11-21(19)33)17-5-3-4-6-20-18(17)12-28-23(32-20)30-15-25(27)8-9-25/h5,7,10-13H,3-4,6,8-9,14-15H2,1-2H3,(H,29,34)(H,28,30,32). The molecule has 178 valence electrons. The lowest BCUT2D eigenvalue weighted by Gasteiger charge is -2.15. The van der Waals surface area contributed by atoms with Crippen molar-refractivity contribution in [1.82, 2.24) is 24.9 Å². The fraction of sp³-hybridized carbons (Fsp3) is 0.440. The molecule has 0 spiro atoms. The Hall–Kier alpha value is -3.36. The van der Waals surface area contributed by atoms with Gasteiger partial charge in [0.15, 0.2) is 0 Å². The van der Waals surface area contributed by atoms with Crippen LogP contribution in [0.3, 0.4) is 0 Å². The number of hydrogen-bond acceptors (Lipinski definition) is 5. The number of amides is 1. The highest BCUT2D eigenvalue weighted by atomic mass is 19.1. The summed E-state index contributed by atoms with van der Waals surface area (Å²) in [6, 6.07) is 3.86. The van der Waals surface area contributed by atoms with E-state index >= 15 is 0 Å². The van der Waals surface area contributed by atoms with Crippen molar-refractivity contribution >= 4 is 22.9 Å². The Balaban J connectivity index is 1.44. The molecule has 3 aromatic heterocycles. The van der Waals surface area contributed by atoms with Crippen LogP contribution in [0.2, 0.25) is 0 Å². The third-order valence-corrected chi connectivity index (χ3v) is 6.23. The van der Waals surface area contributed by atoms with E-state index in [-0.39, 0.29) is 19.0 Å². The molecule has 0 aromatic carbocycles. The summed E-state index contributed by atoms with van der Waals surface area (Å²) in [4.78, 5) is 21.8. The van der Waals surface area contributed by atoms with Gasteiger partial charge in [-0.3, -0.25) is 4.79 Å². The van der Waals surface area contributed by atoms with Crippen LogP contribution in [-0.2, 0) is 6.42 Å². The van der Waals surface area contributed by atoms with Crippen molar-refractivity contribution in [3.05, 3.63) is 59.2 Å². The second-order valence-electron chi connectivity index (χ2n) is 9.77. The molecule has 0 unspecified atom stereocenters. The van der Waals surface area contributed by atoms with E-state index in [4.69, 9.17) is 0 Å². The first-order chi connectivity index (χ1) is 16.2. The largest absolute Gasteiger partial charge is 0.351 e. The Morgan fingerprint density at radius 3 is 2.88 bits per heavy atom. The molecular formula is C25H28F2N6O. The van der Waals surface area contributed by atoms with Crippen LogP contribution in [0.5, 0.6) is 0 Å². The van der Waals surface area contributed by atoms with E-state index in [1.54, 1.807) is 16.9 Å². The molecule has 3 heterocycles. The summed E-state index contributed by atoms with van der Waals surface area (Å²) in [5.74, 6) is 0.0818. The van der Waals surface area contributed by atoms with Gasteiger partial charge in [-0.1, -0.05) is 6.08 Å². The lowest BCUT2D eigenvalue weighted by Crippen LogP contribution is -2.35. The molecule has 34 heavy (non-hydrogen) atoms. The van der Waals surface area contributed by atoms with Crippen molar-refractivity contribution in [3.8, 4) is 0 Å². The summed E-state index contributed by atoms with van der Waals surface area (Å²) < 4.78 is 29.5. The number of nitrogens with zero attached hydrogens (tertiary/aromatic N) is 4. The first-order valence-electron chi connectivity index (χ1n) is 11.6. The van der Waals surface area contributed by atoms with Gasteiger partial charge < -0.3 is 10.6 Å². The number of aromatic nitrogens is 4. The van der Waals surface area contributed by atoms with Gasteiger partial charge in [0.05, 0.1) is 36.1 Å². The number of pyridine rings is 1. The Morgan fingerprint density at radius 2 is 2.12 bits per heavy atom. The normalized spacial score (nSPS) is 17.0. The number of nitrogens with one attached hydrogen (secondary N) is 2. The van der Waals surface area contributed by atoms with Crippen LogP contribution in [0.4, 0.5) is 14.7 Å². The average molecular weight is 467 g/mol. The number of carbonyl (C=O) groups excluding carboxylic acids is 1. The Labute approximate surface area is 196 Å². The fourth-order valence-corrected chi connectivity index (χ4v) is 4.08. The maximum absolute atomic E-state index is 14.0. The molecule has 0 saturated heterocycles. The maximum Gasteiger partial charge on any atom is 0.255 e. The highest BCUT2D eigenvalue weighted by Crippen LogP contribution is 2.39. The molecule has 9 heteroatoms. The van der Waals surface area contributed by atoms with Crippen LogP contribution in [0.25, 0.3) is 11.1 Å². The van der Waals surface area contributed by atoms with Crippen molar-refractivity contribution in [2.45, 2.75) is 57.3 Å². The van der Waals surface area contributed by atoms with E-state index in [0.717, 1.165) is 41.7 Å². The SMILES string of the molecule is CC(C)(F)CNC(=O)c1cnn2ccc(C3=CCCCc4nc(NCC5(F)CC5)ncc43)cc12. The van der Waals surface area contributed by atoms with Crippen molar-refractivity contribution in [1.29, 1.82) is 0 Å². The molecule has 0 bridgehead atoms. The van der Waals surface area contributed by atoms with Crippen molar-refractivity contribution < 1.29 is 13.6 Å². The monoisotopic (exact) mass is 466 g/mol. The summed E-state index contributed by atoms with van der Waals surface area (Å²) in [7, 11) is 0. The van der Waals surface area contributed by atoms with Gasteiger partial charge in [-0.2, -0.15) is 5.10 Å². The van der Waals surface area contributed by atoms with E-state index in [2.05, 4.69) is 31.8 Å². The summed E-state index contributed by atoms with van der Waals surface area (Å²) in [6.45, 7) is 2.99. The molecule has 1 saturated carbocycles. The molecule has 3 aromatic rings. The molecule has 1 fully saturated rings. The van der Waals surface area contributed by atoms with Gasteiger partial charge in [0.25, 0.3) is 5.91 Å². The highest BCUT2D eigenvalue weighted by molar-refractivity contribution is 6.01. The summed E-state index contributed by atoms with van der Waals surface area (Å²) in [6.07, 6.45) is 11.0. The molecule has 5 rings (SSSR count). The number of alkyl halides is 2. The van der Waals surface area contributed by atoms with Gasteiger partial charge >= 0.3 is 0 Å². The molecule has 0 aliphatic heterocycles. The predicted molar refractivity (Wildman–Crippen MR) is 126 cm³/mol. The third-order valence-electron chi connectivity index (χ3n) is 6.23. The summed E-state index contributed by atoms with van der Waals surface area (Å²) >= 11 is 0. The van der Waals surface area contributed by atoms with Crippen LogP contribution >= 0.6 is 0 Å². The number of fused-ring (bicyclic) bond motifs is 2. The quantitative estimate of drug-likeness (QED) is 0.543. The number of anilines is 1.